The third kappa shape index (κ3) is 3.94. The number of anilines is 1. The average Bonchev–Trinajstić information content (AvgIpc) is 2.24. The van der Waals surface area contributed by atoms with Crippen LogP contribution in [0.5, 0.6) is 0 Å². The minimum atomic E-state index is 0.281. The number of nitrogens with zero attached hydrogens (tertiary/aromatic N) is 1. The molecule has 0 aromatic heterocycles. The van der Waals surface area contributed by atoms with E-state index in [2.05, 4.69) is 39.1 Å². The van der Waals surface area contributed by atoms with Gasteiger partial charge in [-0.2, -0.15) is 5.26 Å². The second-order valence-electron chi connectivity index (χ2n) is 5.45. The Labute approximate surface area is 109 Å². The van der Waals surface area contributed by atoms with Crippen molar-refractivity contribution in [2.75, 3.05) is 11.9 Å². The fraction of sp³-hybridized carbons (Fsp3) is 0.500. The molecule has 3 heteroatoms. The predicted molar refractivity (Wildman–Crippen MR) is 73.3 cm³/mol. The van der Waals surface area contributed by atoms with Gasteiger partial charge in [0, 0.05) is 12.2 Å². The Bertz CT molecular complexity index is 427. The van der Waals surface area contributed by atoms with Crippen LogP contribution in [0.15, 0.2) is 18.2 Å². The zero-order chi connectivity index (χ0) is 13.1. The van der Waals surface area contributed by atoms with Gasteiger partial charge in [0.1, 0.15) is 6.07 Å². The van der Waals surface area contributed by atoms with E-state index in [1.165, 1.54) is 0 Å². The summed E-state index contributed by atoms with van der Waals surface area (Å²) in [6, 6.07) is 7.48. The van der Waals surface area contributed by atoms with E-state index in [0.717, 1.165) is 12.2 Å². The van der Waals surface area contributed by atoms with E-state index >= 15 is 0 Å². The highest BCUT2D eigenvalue weighted by Crippen LogP contribution is 2.26. The van der Waals surface area contributed by atoms with Crippen LogP contribution in [0.3, 0.4) is 0 Å². The van der Waals surface area contributed by atoms with Gasteiger partial charge in [0.15, 0.2) is 0 Å². The molecule has 1 atom stereocenters. The molecule has 0 aliphatic carbocycles. The van der Waals surface area contributed by atoms with Crippen molar-refractivity contribution in [2.24, 2.45) is 11.3 Å². The molecule has 0 fully saturated rings. The third-order valence-electron chi connectivity index (χ3n) is 3.18. The first-order valence-corrected chi connectivity index (χ1v) is 6.16. The molecular weight excluding hydrogens is 232 g/mol. The highest BCUT2D eigenvalue weighted by molar-refractivity contribution is 6.32. The van der Waals surface area contributed by atoms with Gasteiger partial charge < -0.3 is 5.32 Å². The van der Waals surface area contributed by atoms with Gasteiger partial charge in [-0.05, 0) is 29.5 Å². The monoisotopic (exact) mass is 250 g/mol. The van der Waals surface area contributed by atoms with Gasteiger partial charge in [0.2, 0.25) is 0 Å². The first kappa shape index (κ1) is 13.9. The Morgan fingerprint density at radius 2 is 2.06 bits per heavy atom. The number of hydrogen-bond donors (Lipinski definition) is 1. The van der Waals surface area contributed by atoms with Crippen LogP contribution in [-0.4, -0.2) is 6.54 Å². The largest absolute Gasteiger partial charge is 0.385 e. The topological polar surface area (TPSA) is 35.8 Å². The smallest absolute Gasteiger partial charge is 0.101 e. The minimum absolute atomic E-state index is 0.281. The van der Waals surface area contributed by atoms with Gasteiger partial charge in [-0.15, -0.1) is 0 Å². The van der Waals surface area contributed by atoms with E-state index in [0.29, 0.717) is 16.5 Å². The van der Waals surface area contributed by atoms with Crippen molar-refractivity contribution < 1.29 is 0 Å². The molecule has 0 bridgehead atoms. The Morgan fingerprint density at radius 3 is 2.53 bits per heavy atom. The maximum absolute atomic E-state index is 8.78. The van der Waals surface area contributed by atoms with Gasteiger partial charge in [-0.3, -0.25) is 0 Å². The molecule has 1 aromatic rings. The van der Waals surface area contributed by atoms with E-state index in [9.17, 15) is 0 Å². The molecule has 0 saturated heterocycles. The van der Waals surface area contributed by atoms with Gasteiger partial charge in [-0.1, -0.05) is 39.3 Å². The highest BCUT2D eigenvalue weighted by Gasteiger charge is 2.19. The summed E-state index contributed by atoms with van der Waals surface area (Å²) in [5.41, 5.74) is 1.76. The summed E-state index contributed by atoms with van der Waals surface area (Å²) in [5.74, 6) is 0.553. The molecule has 0 saturated carbocycles. The van der Waals surface area contributed by atoms with E-state index in [-0.39, 0.29) is 5.41 Å². The van der Waals surface area contributed by atoms with Crippen LogP contribution in [0, 0.1) is 22.7 Å². The van der Waals surface area contributed by atoms with Crippen molar-refractivity contribution in [3.05, 3.63) is 28.8 Å². The molecule has 0 radical (unpaired) electrons. The van der Waals surface area contributed by atoms with Crippen molar-refractivity contribution in [1.29, 1.82) is 5.26 Å². The molecule has 92 valence electrons. The van der Waals surface area contributed by atoms with E-state index in [1.807, 2.05) is 6.07 Å². The Balaban J connectivity index is 2.66. The van der Waals surface area contributed by atoms with Crippen molar-refractivity contribution in [1.82, 2.24) is 0 Å². The van der Waals surface area contributed by atoms with E-state index in [4.69, 9.17) is 16.9 Å². The molecular formula is C14H19ClN2. The molecule has 2 nitrogen and oxygen atoms in total. The molecule has 1 N–H and O–H groups in total. The number of nitrogens with one attached hydrogen (secondary N) is 1. The lowest BCUT2D eigenvalue weighted by Crippen LogP contribution is -2.24. The Kier molecular flexibility index (Phi) is 4.42. The fourth-order valence-electron chi connectivity index (χ4n) is 1.29. The summed E-state index contributed by atoms with van der Waals surface area (Å²) in [7, 11) is 0. The number of nitriles is 1. The second kappa shape index (κ2) is 5.42. The summed E-state index contributed by atoms with van der Waals surface area (Å²) >= 11 is 5.97. The molecule has 0 amide bonds. The van der Waals surface area contributed by atoms with Crippen LogP contribution >= 0.6 is 11.6 Å². The average molecular weight is 251 g/mol. The molecule has 0 spiro atoms. The first-order chi connectivity index (χ1) is 7.84. The minimum Gasteiger partial charge on any atom is -0.385 e. The van der Waals surface area contributed by atoms with Crippen LogP contribution in [0.1, 0.15) is 33.3 Å². The van der Waals surface area contributed by atoms with Gasteiger partial charge in [0.05, 0.1) is 10.6 Å². The first-order valence-electron chi connectivity index (χ1n) is 5.78. The van der Waals surface area contributed by atoms with Crippen molar-refractivity contribution in [2.45, 2.75) is 27.7 Å². The van der Waals surface area contributed by atoms with E-state index in [1.54, 1.807) is 12.1 Å². The molecule has 1 rings (SSSR count). The van der Waals surface area contributed by atoms with Crippen LogP contribution in [0.25, 0.3) is 0 Å². The summed E-state index contributed by atoms with van der Waals surface area (Å²) in [6.45, 7) is 9.80. The summed E-state index contributed by atoms with van der Waals surface area (Å²) < 4.78 is 0. The zero-order valence-corrected chi connectivity index (χ0v) is 11.6. The lowest BCUT2D eigenvalue weighted by Gasteiger charge is -2.27. The standard InChI is InChI=1S/C14H19ClN2/c1-10(14(2,3)4)9-17-12-6-5-11(8-16)13(15)7-12/h5-7,10,17H,9H2,1-4H3. The van der Waals surface area contributed by atoms with Crippen LogP contribution < -0.4 is 5.32 Å². The van der Waals surface area contributed by atoms with E-state index < -0.39 is 0 Å². The molecule has 0 aliphatic heterocycles. The zero-order valence-electron chi connectivity index (χ0n) is 10.8. The van der Waals surface area contributed by atoms with Crippen LogP contribution in [-0.2, 0) is 0 Å². The highest BCUT2D eigenvalue weighted by atomic mass is 35.5. The second-order valence-corrected chi connectivity index (χ2v) is 5.86. The van der Waals surface area contributed by atoms with Crippen LogP contribution in [0.4, 0.5) is 5.69 Å². The summed E-state index contributed by atoms with van der Waals surface area (Å²) in [4.78, 5) is 0. The Morgan fingerprint density at radius 1 is 1.41 bits per heavy atom. The Hall–Kier alpha value is -1.20. The molecule has 0 heterocycles. The number of benzene rings is 1. The van der Waals surface area contributed by atoms with Gasteiger partial charge >= 0.3 is 0 Å². The molecule has 0 aliphatic rings. The maximum atomic E-state index is 8.78. The van der Waals surface area contributed by atoms with Crippen molar-refractivity contribution in [3.8, 4) is 6.07 Å². The molecule has 17 heavy (non-hydrogen) atoms. The normalized spacial score (nSPS) is 12.9. The number of hydrogen-bond acceptors (Lipinski definition) is 2. The molecule has 1 unspecified atom stereocenters. The lowest BCUT2D eigenvalue weighted by molar-refractivity contribution is 0.274. The third-order valence-corrected chi connectivity index (χ3v) is 3.49. The summed E-state index contributed by atoms with van der Waals surface area (Å²) in [6.07, 6.45) is 0. The van der Waals surface area contributed by atoms with Gasteiger partial charge in [-0.25, -0.2) is 0 Å². The SMILES string of the molecule is CC(CNc1ccc(C#N)c(Cl)c1)C(C)(C)C. The lowest BCUT2D eigenvalue weighted by atomic mass is 9.82. The van der Waals surface area contributed by atoms with Crippen molar-refractivity contribution >= 4 is 17.3 Å². The fourth-order valence-corrected chi connectivity index (χ4v) is 1.52. The predicted octanol–water partition coefficient (Wildman–Crippen LogP) is 4.31. The van der Waals surface area contributed by atoms with Crippen molar-refractivity contribution in [3.63, 3.8) is 0 Å². The van der Waals surface area contributed by atoms with Gasteiger partial charge in [0.25, 0.3) is 0 Å². The molecule has 1 aromatic carbocycles. The number of rotatable bonds is 3. The maximum Gasteiger partial charge on any atom is 0.101 e. The summed E-state index contributed by atoms with van der Waals surface area (Å²) in [5, 5.41) is 12.6. The van der Waals surface area contributed by atoms with Crippen LogP contribution in [0.2, 0.25) is 5.02 Å². The number of halogens is 1. The quantitative estimate of drug-likeness (QED) is 0.868.